The number of halogens is 3. The first-order valence-corrected chi connectivity index (χ1v) is 8.45. The third-order valence-electron chi connectivity index (χ3n) is 3.14. The lowest BCUT2D eigenvalue weighted by Crippen LogP contribution is -3.11. The van der Waals surface area contributed by atoms with Gasteiger partial charge in [0.1, 0.15) is 0 Å². The van der Waals surface area contributed by atoms with Gasteiger partial charge in [-0.3, -0.25) is 9.59 Å². The van der Waals surface area contributed by atoms with Gasteiger partial charge in [-0.15, -0.1) is 0 Å². The first kappa shape index (κ1) is 19.5. The van der Waals surface area contributed by atoms with Crippen LogP contribution in [0.5, 0.6) is 0 Å². The predicted molar refractivity (Wildman–Crippen MR) is 99.6 cm³/mol. The van der Waals surface area contributed by atoms with Gasteiger partial charge in [-0.1, -0.05) is 46.9 Å². The second-order valence-corrected chi connectivity index (χ2v) is 6.62. The number of amides is 2. The van der Waals surface area contributed by atoms with Gasteiger partial charge in [0, 0.05) is 6.20 Å². The molecule has 0 aliphatic carbocycles. The molecule has 1 unspecified atom stereocenters. The molecule has 0 bridgehead atoms. The number of benzene rings is 1. The molecule has 2 amide bonds. The van der Waals surface area contributed by atoms with Crippen molar-refractivity contribution in [3.8, 4) is 0 Å². The van der Waals surface area contributed by atoms with Crippen LogP contribution in [0.25, 0.3) is 0 Å². The van der Waals surface area contributed by atoms with Crippen LogP contribution in [0.3, 0.4) is 0 Å². The Balaban J connectivity index is 1.84. The van der Waals surface area contributed by atoms with E-state index in [4.69, 9.17) is 34.8 Å². The van der Waals surface area contributed by atoms with Gasteiger partial charge in [0.2, 0.25) is 0 Å². The third-order valence-corrected chi connectivity index (χ3v) is 3.96. The van der Waals surface area contributed by atoms with E-state index < -0.39 is 0 Å². The molecular weight excluding hydrogens is 387 g/mol. The molecule has 0 saturated heterocycles. The van der Waals surface area contributed by atoms with Crippen LogP contribution in [0.2, 0.25) is 15.1 Å². The van der Waals surface area contributed by atoms with E-state index in [9.17, 15) is 9.59 Å². The summed E-state index contributed by atoms with van der Waals surface area (Å²) in [7, 11) is 1.72. The second-order valence-electron chi connectivity index (χ2n) is 5.37. The van der Waals surface area contributed by atoms with Gasteiger partial charge in [0.05, 0.1) is 27.8 Å². The topological polar surface area (TPSA) is 75.5 Å². The van der Waals surface area contributed by atoms with E-state index in [1.54, 1.807) is 31.3 Å². The van der Waals surface area contributed by atoms with Gasteiger partial charge in [-0.2, -0.15) is 0 Å². The summed E-state index contributed by atoms with van der Waals surface area (Å²) in [4.78, 5) is 28.7. The average molecular weight is 403 g/mol. The monoisotopic (exact) mass is 401 g/mol. The number of nitrogens with one attached hydrogen (secondary N) is 3. The van der Waals surface area contributed by atoms with Crippen molar-refractivity contribution in [1.29, 1.82) is 0 Å². The number of quaternary nitrogens is 1. The molecule has 0 aliphatic heterocycles. The Hall–Kier alpha value is -1.86. The van der Waals surface area contributed by atoms with Crippen LogP contribution in [0.1, 0.15) is 0 Å². The second kappa shape index (κ2) is 9.01. The maximum Gasteiger partial charge on any atom is 0.280 e. The molecule has 3 N–H and O–H groups in total. The molecule has 1 aromatic carbocycles. The number of likely N-dealkylation sites (N-methyl/N-ethyl adjacent to an activating group) is 1. The van der Waals surface area contributed by atoms with E-state index in [2.05, 4.69) is 15.6 Å². The Kier molecular flexibility index (Phi) is 7.01. The number of hydrogen-bond acceptors (Lipinski definition) is 3. The Morgan fingerprint density at radius 3 is 2.32 bits per heavy atom. The molecule has 0 radical (unpaired) electrons. The molecule has 1 heterocycles. The zero-order chi connectivity index (χ0) is 18.4. The number of nitrogens with zero attached hydrogens (tertiary/aromatic N) is 1. The summed E-state index contributed by atoms with van der Waals surface area (Å²) in [6.07, 6.45) is 1.39. The molecule has 0 spiro atoms. The van der Waals surface area contributed by atoms with Crippen molar-refractivity contribution < 1.29 is 14.5 Å². The standard InChI is InChI=1S/C16H15Cl3N4O2/c1-23(8-14(24)21-13-5-3-2-4-11(13)18)9-15(25)22-16-12(19)6-10(17)7-20-16/h2-7H,8-9H2,1H3,(H,21,24)(H,20,22,25)/p+1. The minimum absolute atomic E-state index is 0.0660. The van der Waals surface area contributed by atoms with Crippen molar-refractivity contribution in [3.05, 3.63) is 51.6 Å². The number of anilines is 2. The summed E-state index contributed by atoms with van der Waals surface area (Å²) in [6.45, 7) is 0.164. The third kappa shape index (κ3) is 6.17. The van der Waals surface area contributed by atoms with Crippen molar-refractivity contribution in [3.63, 3.8) is 0 Å². The van der Waals surface area contributed by atoms with Gasteiger partial charge in [0.15, 0.2) is 18.9 Å². The number of hydrogen-bond donors (Lipinski definition) is 3. The zero-order valence-electron chi connectivity index (χ0n) is 13.3. The van der Waals surface area contributed by atoms with Crippen molar-refractivity contribution >= 4 is 58.1 Å². The number of para-hydroxylation sites is 1. The molecule has 2 aromatic rings. The van der Waals surface area contributed by atoms with Crippen LogP contribution in [-0.4, -0.2) is 36.9 Å². The molecule has 2 rings (SSSR count). The summed E-state index contributed by atoms with van der Waals surface area (Å²) < 4.78 is 0. The summed E-state index contributed by atoms with van der Waals surface area (Å²) in [5.41, 5.74) is 0.531. The number of carbonyl (C=O) groups excluding carboxylic acids is 2. The summed E-state index contributed by atoms with van der Waals surface area (Å²) in [5, 5.41) is 6.37. The van der Waals surface area contributed by atoms with E-state index in [-0.39, 0.29) is 35.7 Å². The van der Waals surface area contributed by atoms with Crippen LogP contribution in [0.15, 0.2) is 36.5 Å². The molecule has 1 atom stereocenters. The molecule has 25 heavy (non-hydrogen) atoms. The highest BCUT2D eigenvalue weighted by molar-refractivity contribution is 6.36. The Morgan fingerprint density at radius 1 is 1.04 bits per heavy atom. The van der Waals surface area contributed by atoms with Gasteiger partial charge in [0.25, 0.3) is 11.8 Å². The molecule has 132 valence electrons. The predicted octanol–water partition coefficient (Wildman–Crippen LogP) is 2.13. The molecule has 0 saturated carbocycles. The van der Waals surface area contributed by atoms with Crippen LogP contribution >= 0.6 is 34.8 Å². The van der Waals surface area contributed by atoms with E-state index in [1.807, 2.05) is 0 Å². The lowest BCUT2D eigenvalue weighted by Gasteiger charge is -2.14. The fourth-order valence-corrected chi connectivity index (χ4v) is 2.66. The molecule has 6 nitrogen and oxygen atoms in total. The molecule has 0 fully saturated rings. The van der Waals surface area contributed by atoms with Gasteiger partial charge < -0.3 is 15.5 Å². The summed E-state index contributed by atoms with van der Waals surface area (Å²) in [5.74, 6) is -0.342. The van der Waals surface area contributed by atoms with Crippen molar-refractivity contribution in [2.24, 2.45) is 0 Å². The normalized spacial score (nSPS) is 11.7. The van der Waals surface area contributed by atoms with Gasteiger partial charge >= 0.3 is 0 Å². The average Bonchev–Trinajstić information content (AvgIpc) is 2.52. The largest absolute Gasteiger partial charge is 0.322 e. The molecule has 1 aromatic heterocycles. The number of pyridine rings is 1. The van der Waals surface area contributed by atoms with E-state index in [1.165, 1.54) is 12.3 Å². The Labute approximate surface area is 160 Å². The smallest absolute Gasteiger partial charge is 0.280 e. The first-order valence-electron chi connectivity index (χ1n) is 7.31. The lowest BCUT2D eigenvalue weighted by atomic mass is 10.3. The quantitative estimate of drug-likeness (QED) is 0.693. The lowest BCUT2D eigenvalue weighted by molar-refractivity contribution is -0.862. The number of carbonyl (C=O) groups is 2. The van der Waals surface area contributed by atoms with Crippen LogP contribution in [-0.2, 0) is 9.59 Å². The van der Waals surface area contributed by atoms with Crippen LogP contribution in [0, 0.1) is 0 Å². The molecule has 0 aliphatic rings. The summed E-state index contributed by atoms with van der Waals surface area (Å²) in [6, 6.07) is 8.42. The SMILES string of the molecule is C[NH+](CC(=O)Nc1ccccc1Cl)CC(=O)Nc1ncc(Cl)cc1Cl. The van der Waals surface area contributed by atoms with Crippen molar-refractivity contribution in [2.45, 2.75) is 0 Å². The minimum atomic E-state index is -0.320. The Morgan fingerprint density at radius 2 is 1.68 bits per heavy atom. The van der Waals surface area contributed by atoms with Crippen molar-refractivity contribution in [1.82, 2.24) is 4.98 Å². The van der Waals surface area contributed by atoms with E-state index >= 15 is 0 Å². The highest BCUT2D eigenvalue weighted by atomic mass is 35.5. The fraction of sp³-hybridized carbons (Fsp3) is 0.188. The number of rotatable bonds is 6. The summed E-state index contributed by atoms with van der Waals surface area (Å²) >= 11 is 17.7. The zero-order valence-corrected chi connectivity index (χ0v) is 15.5. The highest BCUT2D eigenvalue weighted by Gasteiger charge is 2.16. The molecular formula is C16H16Cl3N4O2+. The number of aromatic nitrogens is 1. The fourth-order valence-electron chi connectivity index (χ4n) is 2.05. The van der Waals surface area contributed by atoms with E-state index in [0.717, 1.165) is 0 Å². The highest BCUT2D eigenvalue weighted by Crippen LogP contribution is 2.22. The maximum absolute atomic E-state index is 12.0. The van der Waals surface area contributed by atoms with Crippen LogP contribution in [0.4, 0.5) is 11.5 Å². The van der Waals surface area contributed by atoms with E-state index in [0.29, 0.717) is 20.6 Å². The van der Waals surface area contributed by atoms with Gasteiger partial charge in [-0.25, -0.2) is 4.98 Å². The van der Waals surface area contributed by atoms with Crippen molar-refractivity contribution in [2.75, 3.05) is 30.8 Å². The first-order chi connectivity index (χ1) is 11.8. The van der Waals surface area contributed by atoms with Crippen LogP contribution < -0.4 is 15.5 Å². The maximum atomic E-state index is 12.0. The molecule has 9 heteroatoms. The van der Waals surface area contributed by atoms with Gasteiger partial charge in [-0.05, 0) is 18.2 Å². The Bertz CT molecular complexity index is 786. The minimum Gasteiger partial charge on any atom is -0.322 e.